The fourth-order valence-corrected chi connectivity index (χ4v) is 2.26. The lowest BCUT2D eigenvalue weighted by Crippen LogP contribution is -2.04. The first kappa shape index (κ1) is 17.8. The summed E-state index contributed by atoms with van der Waals surface area (Å²) in [4.78, 5) is 33.2. The van der Waals surface area contributed by atoms with Crippen molar-refractivity contribution in [2.45, 2.75) is 20.1 Å². The molecule has 0 aliphatic rings. The van der Waals surface area contributed by atoms with Crippen molar-refractivity contribution in [1.29, 1.82) is 0 Å². The van der Waals surface area contributed by atoms with Crippen molar-refractivity contribution in [3.05, 3.63) is 23.0 Å². The van der Waals surface area contributed by atoms with Gasteiger partial charge in [0.05, 0.1) is 29.8 Å². The molecule has 0 fully saturated rings. The first-order valence-electron chi connectivity index (χ1n) is 6.48. The fourth-order valence-electron chi connectivity index (χ4n) is 1.96. The van der Waals surface area contributed by atoms with Crippen LogP contribution in [0.2, 0.25) is 0 Å². The Kier molecular flexibility index (Phi) is 5.11. The Labute approximate surface area is 136 Å². The molecule has 0 saturated carbocycles. The number of aromatic nitrogens is 4. The molecular formula is C13H13N4O6P. The van der Waals surface area contributed by atoms with Gasteiger partial charge in [-0.15, -0.1) is 11.5 Å². The molecule has 0 bridgehead atoms. The van der Waals surface area contributed by atoms with Crippen LogP contribution < -0.4 is 0 Å². The Morgan fingerprint density at radius 2 is 2.21 bits per heavy atom. The second-order valence-electron chi connectivity index (χ2n) is 4.67. The van der Waals surface area contributed by atoms with Crippen molar-refractivity contribution < 1.29 is 28.8 Å². The number of pyridine rings is 1. The molecule has 0 atom stereocenters. The second kappa shape index (κ2) is 6.90. The van der Waals surface area contributed by atoms with Crippen LogP contribution in [0, 0.1) is 19.3 Å². The van der Waals surface area contributed by atoms with Crippen LogP contribution in [0.25, 0.3) is 11.4 Å². The van der Waals surface area contributed by atoms with Gasteiger partial charge in [-0.1, -0.05) is 11.1 Å². The minimum atomic E-state index is -4.80. The molecule has 2 aromatic heterocycles. The summed E-state index contributed by atoms with van der Waals surface area (Å²) in [7, 11) is -4.80. The summed E-state index contributed by atoms with van der Waals surface area (Å²) in [6.07, 6.45) is 6.98. The number of carbonyl (C=O) groups is 1. The third-order valence-electron chi connectivity index (χ3n) is 3.02. The number of phosphoric acid groups is 1. The van der Waals surface area contributed by atoms with Crippen molar-refractivity contribution in [1.82, 2.24) is 20.0 Å². The number of aryl methyl sites for hydroxylation is 1. The lowest BCUT2D eigenvalue weighted by Gasteiger charge is -2.13. The van der Waals surface area contributed by atoms with Crippen LogP contribution in [0.1, 0.15) is 21.6 Å². The van der Waals surface area contributed by atoms with Crippen LogP contribution in [-0.2, 0) is 22.2 Å². The summed E-state index contributed by atoms with van der Waals surface area (Å²) in [6, 6.07) is 0. The highest BCUT2D eigenvalue weighted by Crippen LogP contribution is 2.39. The molecule has 2 rings (SSSR count). The normalized spacial score (nSPS) is 11.2. The van der Waals surface area contributed by atoms with Gasteiger partial charge in [-0.05, 0) is 6.92 Å². The maximum Gasteiger partial charge on any atom is 0.469 e. The highest BCUT2D eigenvalue weighted by atomic mass is 31.2. The molecule has 11 heteroatoms. The number of terminal acetylenes is 1. The zero-order valence-corrected chi connectivity index (χ0v) is 13.3. The smallest absolute Gasteiger partial charge is 0.469 e. The molecule has 126 valence electrons. The van der Waals surface area contributed by atoms with Crippen LogP contribution >= 0.6 is 7.82 Å². The summed E-state index contributed by atoms with van der Waals surface area (Å²) in [6.45, 7) is 0.959. The monoisotopic (exact) mass is 352 g/mol. The minimum Gasteiger partial charge on any atom is -0.505 e. The molecule has 0 unspecified atom stereocenters. The van der Waals surface area contributed by atoms with E-state index in [0.717, 1.165) is 0 Å². The van der Waals surface area contributed by atoms with E-state index in [1.54, 1.807) is 0 Å². The molecule has 2 aromatic rings. The van der Waals surface area contributed by atoms with Crippen LogP contribution in [0.3, 0.4) is 0 Å². The van der Waals surface area contributed by atoms with Crippen LogP contribution in [0.5, 0.6) is 5.75 Å². The number of hydrogen-bond donors (Lipinski definition) is 3. The van der Waals surface area contributed by atoms with Crippen LogP contribution in [-0.4, -0.2) is 41.2 Å². The molecule has 10 nitrogen and oxygen atoms in total. The van der Waals surface area contributed by atoms with E-state index in [1.807, 2.05) is 0 Å². The molecule has 0 aliphatic heterocycles. The summed E-state index contributed by atoms with van der Waals surface area (Å²) in [5.41, 5.74) is 0.227. The molecule has 3 N–H and O–H groups in total. The van der Waals surface area contributed by atoms with E-state index in [9.17, 15) is 14.5 Å². The molecule has 0 aromatic carbocycles. The maximum absolute atomic E-state index is 11.3. The number of phosphoric ester groups is 1. The molecular weight excluding hydrogens is 339 g/mol. The van der Waals surface area contributed by atoms with E-state index in [2.05, 4.69) is 25.7 Å². The molecule has 0 radical (unpaired) electrons. The van der Waals surface area contributed by atoms with Crippen molar-refractivity contribution >= 4 is 14.1 Å². The standard InChI is InChI=1S/C13H13N4O6P/c1-3-4-17-5-11(15-16-17)12-10(7-23-24(20,21)22)9(6-18)13(19)8(2)14-12/h1,5-6,19H,4,7H2,2H3,(H2,20,21,22). The number of carbonyl (C=O) groups excluding carboxylic acids is 1. The van der Waals surface area contributed by atoms with Crippen molar-refractivity contribution in [2.75, 3.05) is 0 Å². The highest BCUT2D eigenvalue weighted by molar-refractivity contribution is 7.46. The van der Waals surface area contributed by atoms with E-state index in [-0.39, 0.29) is 34.8 Å². The topological polar surface area (TPSA) is 148 Å². The summed E-state index contributed by atoms with van der Waals surface area (Å²) in [5, 5.41) is 17.6. The first-order valence-corrected chi connectivity index (χ1v) is 8.01. The Morgan fingerprint density at radius 1 is 1.50 bits per heavy atom. The second-order valence-corrected chi connectivity index (χ2v) is 5.91. The van der Waals surface area contributed by atoms with E-state index >= 15 is 0 Å². The lowest BCUT2D eigenvalue weighted by atomic mass is 10.0. The maximum atomic E-state index is 11.3. The Morgan fingerprint density at radius 3 is 2.79 bits per heavy atom. The van der Waals surface area contributed by atoms with Gasteiger partial charge in [-0.25, -0.2) is 14.2 Å². The van der Waals surface area contributed by atoms with E-state index in [1.165, 1.54) is 17.8 Å². The van der Waals surface area contributed by atoms with Crippen LogP contribution in [0.15, 0.2) is 6.20 Å². The Bertz CT molecular complexity index is 866. The van der Waals surface area contributed by atoms with Gasteiger partial charge >= 0.3 is 7.82 Å². The minimum absolute atomic E-state index is 0.0239. The molecule has 0 aliphatic carbocycles. The van der Waals surface area contributed by atoms with Gasteiger partial charge < -0.3 is 14.9 Å². The average molecular weight is 352 g/mol. The zero-order chi connectivity index (χ0) is 17.9. The lowest BCUT2D eigenvalue weighted by molar-refractivity contribution is 0.111. The van der Waals surface area contributed by atoms with Gasteiger partial charge in [0, 0.05) is 5.56 Å². The van der Waals surface area contributed by atoms with E-state index < -0.39 is 20.2 Å². The number of rotatable bonds is 6. The van der Waals surface area contributed by atoms with Gasteiger partial charge in [0.1, 0.15) is 18.0 Å². The first-order chi connectivity index (χ1) is 11.3. The predicted molar refractivity (Wildman–Crippen MR) is 80.7 cm³/mol. The number of aldehydes is 1. The van der Waals surface area contributed by atoms with E-state index in [4.69, 9.17) is 16.2 Å². The SMILES string of the molecule is C#CCn1cc(-c2nc(C)c(O)c(C=O)c2COP(=O)(O)O)nn1. The van der Waals surface area contributed by atoms with Gasteiger partial charge in [0.15, 0.2) is 6.29 Å². The fraction of sp³-hybridized carbons (Fsp3) is 0.231. The number of nitrogens with zero attached hydrogens (tertiary/aromatic N) is 4. The predicted octanol–water partition coefficient (Wildman–Crippen LogP) is 0.409. The quantitative estimate of drug-likeness (QED) is 0.382. The largest absolute Gasteiger partial charge is 0.505 e. The average Bonchev–Trinajstić information content (AvgIpc) is 2.96. The van der Waals surface area contributed by atoms with Crippen molar-refractivity contribution in [3.63, 3.8) is 0 Å². The third-order valence-corrected chi connectivity index (χ3v) is 3.48. The number of hydrogen-bond acceptors (Lipinski definition) is 7. The molecule has 0 spiro atoms. The third kappa shape index (κ3) is 3.84. The molecule has 0 amide bonds. The van der Waals surface area contributed by atoms with Gasteiger partial charge in [-0.3, -0.25) is 9.32 Å². The molecule has 24 heavy (non-hydrogen) atoms. The van der Waals surface area contributed by atoms with E-state index in [0.29, 0.717) is 6.29 Å². The molecule has 0 saturated heterocycles. The zero-order valence-electron chi connectivity index (χ0n) is 12.4. The summed E-state index contributed by atoms with van der Waals surface area (Å²) in [5.74, 6) is 1.96. The molecule has 2 heterocycles. The van der Waals surface area contributed by atoms with Crippen LogP contribution in [0.4, 0.5) is 0 Å². The van der Waals surface area contributed by atoms with Crippen molar-refractivity contribution in [3.8, 4) is 29.5 Å². The Hall–Kier alpha value is -2.57. The van der Waals surface area contributed by atoms with Gasteiger partial charge in [0.2, 0.25) is 0 Å². The Balaban J connectivity index is 2.59. The van der Waals surface area contributed by atoms with Gasteiger partial charge in [0.25, 0.3) is 0 Å². The summed E-state index contributed by atoms with van der Waals surface area (Å²) >= 11 is 0. The van der Waals surface area contributed by atoms with Crippen molar-refractivity contribution in [2.24, 2.45) is 0 Å². The number of aromatic hydroxyl groups is 1. The summed E-state index contributed by atoms with van der Waals surface area (Å²) < 4.78 is 16.7. The highest BCUT2D eigenvalue weighted by Gasteiger charge is 2.23. The van der Waals surface area contributed by atoms with Gasteiger partial charge in [-0.2, -0.15) is 0 Å².